The van der Waals surface area contributed by atoms with Crippen LogP contribution in [-0.2, 0) is 14.3 Å². The van der Waals surface area contributed by atoms with E-state index < -0.39 is 0 Å². The molecule has 0 unspecified atom stereocenters. The summed E-state index contributed by atoms with van der Waals surface area (Å²) in [7, 11) is 1.41. The maximum Gasteiger partial charge on any atom is 0.314 e. The number of carbonyl (C=O) groups excluding carboxylic acids is 2. The molecule has 0 spiro atoms. The standard InChI is InChI=1S/C26H32O4/c1-15-11-22(12-16(2)19(15)5)23-13-17(3)24(18(4)14-23)30-26(28)21-9-7-20(8-10-21)25(27)29-6/h11-14,20-21H,7-10H2,1-6H3. The predicted octanol–water partition coefficient (Wildman–Crippen LogP) is 5.78. The lowest BCUT2D eigenvalue weighted by atomic mass is 9.82. The number of benzene rings is 2. The molecule has 30 heavy (non-hydrogen) atoms. The summed E-state index contributed by atoms with van der Waals surface area (Å²) in [4.78, 5) is 24.5. The van der Waals surface area contributed by atoms with Gasteiger partial charge in [-0.3, -0.25) is 9.59 Å². The minimum atomic E-state index is -0.195. The fraction of sp³-hybridized carbons (Fsp3) is 0.462. The van der Waals surface area contributed by atoms with Crippen molar-refractivity contribution in [1.29, 1.82) is 0 Å². The van der Waals surface area contributed by atoms with E-state index in [2.05, 4.69) is 45.0 Å². The number of aryl methyl sites for hydroxylation is 4. The van der Waals surface area contributed by atoms with Crippen molar-refractivity contribution in [3.05, 3.63) is 52.1 Å². The third-order valence-corrected chi connectivity index (χ3v) is 6.52. The number of carbonyl (C=O) groups is 2. The Hall–Kier alpha value is -2.62. The van der Waals surface area contributed by atoms with E-state index in [4.69, 9.17) is 9.47 Å². The fourth-order valence-electron chi connectivity index (χ4n) is 4.40. The van der Waals surface area contributed by atoms with Gasteiger partial charge in [0.2, 0.25) is 0 Å². The zero-order chi connectivity index (χ0) is 22.0. The summed E-state index contributed by atoms with van der Waals surface area (Å²) in [6.45, 7) is 10.4. The Morgan fingerprint density at radius 3 is 1.53 bits per heavy atom. The van der Waals surface area contributed by atoms with Gasteiger partial charge in [0, 0.05) is 0 Å². The topological polar surface area (TPSA) is 52.6 Å². The highest BCUT2D eigenvalue weighted by molar-refractivity contribution is 5.78. The van der Waals surface area contributed by atoms with Gasteiger partial charge in [-0.2, -0.15) is 0 Å². The Balaban J connectivity index is 1.75. The number of ether oxygens (including phenoxy) is 2. The Labute approximate surface area is 179 Å². The number of hydrogen-bond donors (Lipinski definition) is 0. The molecule has 1 aliphatic rings. The lowest BCUT2D eigenvalue weighted by Gasteiger charge is -2.26. The minimum Gasteiger partial charge on any atom is -0.469 e. The molecule has 2 aromatic rings. The fourth-order valence-corrected chi connectivity index (χ4v) is 4.40. The van der Waals surface area contributed by atoms with Gasteiger partial charge < -0.3 is 9.47 Å². The molecular formula is C26H32O4. The van der Waals surface area contributed by atoms with Gasteiger partial charge in [0.25, 0.3) is 0 Å². The van der Waals surface area contributed by atoms with Gasteiger partial charge >= 0.3 is 11.9 Å². The molecule has 0 heterocycles. The normalized spacial score (nSPS) is 18.7. The molecule has 1 saturated carbocycles. The van der Waals surface area contributed by atoms with Crippen LogP contribution >= 0.6 is 0 Å². The highest BCUT2D eigenvalue weighted by Gasteiger charge is 2.32. The first-order valence-corrected chi connectivity index (χ1v) is 10.7. The van der Waals surface area contributed by atoms with Gasteiger partial charge in [-0.05, 0) is 111 Å². The second kappa shape index (κ2) is 9.03. The van der Waals surface area contributed by atoms with Crippen LogP contribution in [-0.4, -0.2) is 19.0 Å². The summed E-state index contributed by atoms with van der Waals surface area (Å²) in [6.07, 6.45) is 2.68. The number of esters is 2. The molecule has 0 atom stereocenters. The second-order valence-corrected chi connectivity index (χ2v) is 8.67. The van der Waals surface area contributed by atoms with Crippen molar-refractivity contribution < 1.29 is 19.1 Å². The maximum atomic E-state index is 12.8. The predicted molar refractivity (Wildman–Crippen MR) is 119 cm³/mol. The highest BCUT2D eigenvalue weighted by Crippen LogP contribution is 2.34. The Morgan fingerprint density at radius 2 is 1.10 bits per heavy atom. The molecule has 0 amide bonds. The summed E-state index contributed by atoms with van der Waals surface area (Å²) in [5.74, 6) is 0.0272. The van der Waals surface area contributed by atoms with E-state index in [-0.39, 0.29) is 23.8 Å². The number of hydrogen-bond acceptors (Lipinski definition) is 4. The van der Waals surface area contributed by atoms with Gasteiger partial charge in [-0.1, -0.05) is 12.1 Å². The quantitative estimate of drug-likeness (QED) is 0.475. The first-order valence-electron chi connectivity index (χ1n) is 10.7. The van der Waals surface area contributed by atoms with Gasteiger partial charge in [-0.15, -0.1) is 0 Å². The lowest BCUT2D eigenvalue weighted by Crippen LogP contribution is -2.29. The Kier molecular flexibility index (Phi) is 6.64. The first-order chi connectivity index (χ1) is 14.2. The van der Waals surface area contributed by atoms with Crippen molar-refractivity contribution in [2.45, 2.75) is 60.3 Å². The molecule has 0 saturated heterocycles. The molecule has 1 aliphatic carbocycles. The Bertz CT molecular complexity index is 919. The highest BCUT2D eigenvalue weighted by atomic mass is 16.5. The van der Waals surface area contributed by atoms with E-state index in [0.29, 0.717) is 31.4 Å². The monoisotopic (exact) mass is 408 g/mol. The zero-order valence-corrected chi connectivity index (χ0v) is 18.9. The van der Waals surface area contributed by atoms with E-state index >= 15 is 0 Å². The smallest absolute Gasteiger partial charge is 0.314 e. The molecule has 0 aliphatic heterocycles. The molecular weight excluding hydrogens is 376 g/mol. The summed E-state index contributed by atoms with van der Waals surface area (Å²) in [5, 5.41) is 0. The summed E-state index contributed by atoms with van der Waals surface area (Å²) < 4.78 is 10.7. The van der Waals surface area contributed by atoms with Crippen LogP contribution in [0.4, 0.5) is 0 Å². The van der Waals surface area contributed by atoms with Crippen LogP contribution in [0.25, 0.3) is 11.1 Å². The Morgan fingerprint density at radius 1 is 0.700 bits per heavy atom. The molecule has 1 fully saturated rings. The largest absolute Gasteiger partial charge is 0.469 e. The average molecular weight is 409 g/mol. The van der Waals surface area contributed by atoms with Crippen LogP contribution in [0.3, 0.4) is 0 Å². The molecule has 0 aromatic heterocycles. The van der Waals surface area contributed by atoms with Crippen LogP contribution in [0, 0.1) is 46.5 Å². The maximum absolute atomic E-state index is 12.8. The summed E-state index contributed by atoms with van der Waals surface area (Å²) in [5.41, 5.74) is 8.10. The van der Waals surface area contributed by atoms with Gasteiger partial charge in [-0.25, -0.2) is 0 Å². The summed E-state index contributed by atoms with van der Waals surface area (Å²) >= 11 is 0. The SMILES string of the molecule is COC(=O)C1CCC(C(=O)Oc2c(C)cc(-c3cc(C)c(C)c(C)c3)cc2C)CC1. The van der Waals surface area contributed by atoms with Gasteiger partial charge in [0.15, 0.2) is 0 Å². The van der Waals surface area contributed by atoms with Gasteiger partial charge in [0.1, 0.15) is 5.75 Å². The van der Waals surface area contributed by atoms with Crippen molar-refractivity contribution in [2.75, 3.05) is 7.11 Å². The van der Waals surface area contributed by atoms with E-state index in [1.54, 1.807) is 0 Å². The van der Waals surface area contributed by atoms with Crippen molar-refractivity contribution in [3.63, 3.8) is 0 Å². The number of methoxy groups -OCH3 is 1. The van der Waals surface area contributed by atoms with Crippen molar-refractivity contribution in [3.8, 4) is 16.9 Å². The van der Waals surface area contributed by atoms with E-state index in [0.717, 1.165) is 16.7 Å². The van der Waals surface area contributed by atoms with E-state index in [9.17, 15) is 9.59 Å². The molecule has 0 N–H and O–H groups in total. The third kappa shape index (κ3) is 4.58. The van der Waals surface area contributed by atoms with Crippen LogP contribution in [0.1, 0.15) is 53.5 Å². The average Bonchev–Trinajstić information content (AvgIpc) is 2.73. The molecule has 3 rings (SSSR count). The molecule has 4 heteroatoms. The van der Waals surface area contributed by atoms with E-state index in [1.807, 2.05) is 13.8 Å². The van der Waals surface area contributed by atoms with Crippen LogP contribution in [0.2, 0.25) is 0 Å². The molecule has 4 nitrogen and oxygen atoms in total. The third-order valence-electron chi connectivity index (χ3n) is 6.52. The van der Waals surface area contributed by atoms with Crippen molar-refractivity contribution >= 4 is 11.9 Å². The van der Waals surface area contributed by atoms with Crippen LogP contribution in [0.5, 0.6) is 5.75 Å². The number of rotatable bonds is 4. The van der Waals surface area contributed by atoms with Crippen LogP contribution < -0.4 is 4.74 Å². The molecule has 0 bridgehead atoms. The molecule has 160 valence electrons. The zero-order valence-electron chi connectivity index (χ0n) is 18.9. The van der Waals surface area contributed by atoms with Crippen molar-refractivity contribution in [1.82, 2.24) is 0 Å². The molecule has 2 aromatic carbocycles. The summed E-state index contributed by atoms with van der Waals surface area (Å²) in [6, 6.07) is 8.60. The van der Waals surface area contributed by atoms with E-state index in [1.165, 1.54) is 29.4 Å². The minimum absolute atomic E-state index is 0.0942. The van der Waals surface area contributed by atoms with Crippen molar-refractivity contribution in [2.24, 2.45) is 11.8 Å². The first kappa shape index (κ1) is 22.1. The molecule has 0 radical (unpaired) electrons. The second-order valence-electron chi connectivity index (χ2n) is 8.67. The van der Waals surface area contributed by atoms with Crippen LogP contribution in [0.15, 0.2) is 24.3 Å². The lowest BCUT2D eigenvalue weighted by molar-refractivity contribution is -0.149. The van der Waals surface area contributed by atoms with Gasteiger partial charge in [0.05, 0.1) is 18.9 Å².